The number of carbonyl (C=O) groups excluding carboxylic acids is 1. The Balaban J connectivity index is 2.29. The lowest BCUT2D eigenvalue weighted by atomic mass is 10.1. The van der Waals surface area contributed by atoms with Gasteiger partial charge in [0.05, 0.1) is 6.07 Å². The maximum absolute atomic E-state index is 11.1. The second-order valence-electron chi connectivity index (χ2n) is 3.99. The van der Waals surface area contributed by atoms with Crippen molar-refractivity contribution < 1.29 is 14.3 Å². The van der Waals surface area contributed by atoms with Crippen molar-refractivity contribution in [2.75, 3.05) is 20.4 Å². The SMILES string of the molecule is COCOc1cccc(CCCNC(=O)CC#N)c1. The van der Waals surface area contributed by atoms with Gasteiger partial charge in [0.1, 0.15) is 12.2 Å². The molecule has 5 heteroatoms. The molecule has 0 saturated heterocycles. The molecule has 1 amide bonds. The molecule has 1 N–H and O–H groups in total. The van der Waals surface area contributed by atoms with Gasteiger partial charge in [0, 0.05) is 13.7 Å². The van der Waals surface area contributed by atoms with Crippen molar-refractivity contribution in [1.29, 1.82) is 5.26 Å². The van der Waals surface area contributed by atoms with E-state index < -0.39 is 0 Å². The van der Waals surface area contributed by atoms with Gasteiger partial charge < -0.3 is 14.8 Å². The molecule has 102 valence electrons. The van der Waals surface area contributed by atoms with Crippen LogP contribution in [0, 0.1) is 11.3 Å². The van der Waals surface area contributed by atoms with E-state index in [1.807, 2.05) is 30.3 Å². The number of ether oxygens (including phenoxy) is 2. The van der Waals surface area contributed by atoms with Gasteiger partial charge in [-0.3, -0.25) is 4.79 Å². The molecular formula is C14H18N2O3. The Kier molecular flexibility index (Phi) is 7.06. The van der Waals surface area contributed by atoms with Crippen LogP contribution in [0.4, 0.5) is 0 Å². The largest absolute Gasteiger partial charge is 0.468 e. The molecule has 0 aliphatic rings. The minimum Gasteiger partial charge on any atom is -0.468 e. The number of nitrogens with one attached hydrogen (secondary N) is 1. The molecule has 1 rings (SSSR count). The summed E-state index contributed by atoms with van der Waals surface area (Å²) in [6.45, 7) is 0.803. The maximum atomic E-state index is 11.1. The van der Waals surface area contributed by atoms with Crippen molar-refractivity contribution in [2.45, 2.75) is 19.3 Å². The molecule has 19 heavy (non-hydrogen) atoms. The molecule has 0 aliphatic heterocycles. The minimum atomic E-state index is -0.223. The van der Waals surface area contributed by atoms with Gasteiger partial charge in [-0.25, -0.2) is 0 Å². The van der Waals surface area contributed by atoms with E-state index in [1.54, 1.807) is 7.11 Å². The molecule has 5 nitrogen and oxygen atoms in total. The van der Waals surface area contributed by atoms with E-state index in [9.17, 15) is 4.79 Å². The number of methoxy groups -OCH3 is 1. The predicted octanol–water partition coefficient (Wildman–Crippen LogP) is 1.63. The van der Waals surface area contributed by atoms with Crippen LogP contribution in [0.15, 0.2) is 24.3 Å². The summed E-state index contributed by atoms with van der Waals surface area (Å²) >= 11 is 0. The lowest BCUT2D eigenvalue weighted by molar-refractivity contribution is -0.120. The van der Waals surface area contributed by atoms with Gasteiger partial charge in [-0.15, -0.1) is 0 Å². The zero-order chi connectivity index (χ0) is 13.9. The fourth-order valence-electron chi connectivity index (χ4n) is 1.57. The molecule has 0 radical (unpaired) electrons. The number of benzene rings is 1. The molecule has 1 aromatic rings. The van der Waals surface area contributed by atoms with Gasteiger partial charge in [0.15, 0.2) is 6.79 Å². The summed E-state index contributed by atoms with van der Waals surface area (Å²) in [7, 11) is 1.58. The van der Waals surface area contributed by atoms with Crippen LogP contribution >= 0.6 is 0 Å². The third-order valence-corrected chi connectivity index (χ3v) is 2.45. The fourth-order valence-corrected chi connectivity index (χ4v) is 1.57. The third kappa shape index (κ3) is 6.43. The lowest BCUT2D eigenvalue weighted by Gasteiger charge is -2.07. The number of nitrogens with zero attached hydrogens (tertiary/aromatic N) is 1. The first-order valence-electron chi connectivity index (χ1n) is 6.10. The van der Waals surface area contributed by atoms with Gasteiger partial charge in [-0.05, 0) is 30.5 Å². The Morgan fingerprint density at radius 2 is 2.32 bits per heavy atom. The van der Waals surface area contributed by atoms with E-state index in [2.05, 4.69) is 5.32 Å². The van der Waals surface area contributed by atoms with Crippen LogP contribution in [-0.2, 0) is 16.0 Å². The van der Waals surface area contributed by atoms with E-state index in [-0.39, 0.29) is 19.1 Å². The van der Waals surface area contributed by atoms with Crippen LogP contribution in [0.2, 0.25) is 0 Å². The highest BCUT2D eigenvalue weighted by Crippen LogP contribution is 2.14. The number of aryl methyl sites for hydroxylation is 1. The summed E-state index contributed by atoms with van der Waals surface area (Å²) in [5, 5.41) is 11.0. The summed E-state index contributed by atoms with van der Waals surface area (Å²) in [5.41, 5.74) is 1.14. The molecule has 0 atom stereocenters. The van der Waals surface area contributed by atoms with Crippen molar-refractivity contribution in [3.8, 4) is 11.8 Å². The van der Waals surface area contributed by atoms with Gasteiger partial charge in [-0.1, -0.05) is 12.1 Å². The number of hydrogen-bond acceptors (Lipinski definition) is 4. The van der Waals surface area contributed by atoms with Crippen LogP contribution < -0.4 is 10.1 Å². The number of amides is 1. The standard InChI is InChI=1S/C14H18N2O3/c1-18-11-19-13-6-2-4-12(10-13)5-3-9-16-14(17)7-8-15/h2,4,6,10H,3,5,7,9,11H2,1H3,(H,16,17). The first-order chi connectivity index (χ1) is 9.26. The quantitative estimate of drug-likeness (QED) is 0.571. The lowest BCUT2D eigenvalue weighted by Crippen LogP contribution is -2.23. The highest BCUT2D eigenvalue weighted by Gasteiger charge is 2.00. The summed E-state index contributed by atoms with van der Waals surface area (Å²) in [6.07, 6.45) is 1.59. The molecule has 0 aliphatic carbocycles. The summed E-state index contributed by atoms with van der Waals surface area (Å²) in [6, 6.07) is 9.58. The molecule has 0 heterocycles. The van der Waals surface area contributed by atoms with Crippen molar-refractivity contribution in [3.05, 3.63) is 29.8 Å². The number of rotatable bonds is 8. The molecule has 0 unspecified atom stereocenters. The topological polar surface area (TPSA) is 71.3 Å². The third-order valence-electron chi connectivity index (χ3n) is 2.45. The van der Waals surface area contributed by atoms with Crippen LogP contribution in [0.5, 0.6) is 5.75 Å². The predicted molar refractivity (Wildman–Crippen MR) is 70.5 cm³/mol. The van der Waals surface area contributed by atoms with Crippen molar-refractivity contribution in [2.24, 2.45) is 0 Å². The van der Waals surface area contributed by atoms with Crippen LogP contribution in [0.1, 0.15) is 18.4 Å². The van der Waals surface area contributed by atoms with Gasteiger partial charge in [-0.2, -0.15) is 5.26 Å². The average Bonchev–Trinajstić information content (AvgIpc) is 2.42. The van der Waals surface area contributed by atoms with E-state index in [4.69, 9.17) is 14.7 Å². The summed E-state index contributed by atoms with van der Waals surface area (Å²) < 4.78 is 10.2. The Morgan fingerprint density at radius 1 is 1.47 bits per heavy atom. The first kappa shape index (κ1) is 15.0. The summed E-state index contributed by atoms with van der Waals surface area (Å²) in [4.78, 5) is 11.1. The first-order valence-corrected chi connectivity index (χ1v) is 6.10. The highest BCUT2D eigenvalue weighted by atomic mass is 16.7. The van der Waals surface area contributed by atoms with Crippen molar-refractivity contribution in [3.63, 3.8) is 0 Å². The smallest absolute Gasteiger partial charge is 0.234 e. The van der Waals surface area contributed by atoms with E-state index in [0.717, 1.165) is 24.2 Å². The molecule has 0 aromatic heterocycles. The monoisotopic (exact) mass is 262 g/mol. The second-order valence-corrected chi connectivity index (χ2v) is 3.99. The number of hydrogen-bond donors (Lipinski definition) is 1. The molecule has 1 aromatic carbocycles. The van der Waals surface area contributed by atoms with E-state index in [1.165, 1.54) is 0 Å². The van der Waals surface area contributed by atoms with E-state index >= 15 is 0 Å². The van der Waals surface area contributed by atoms with E-state index in [0.29, 0.717) is 6.54 Å². The molecule has 0 bridgehead atoms. The summed E-state index contributed by atoms with van der Waals surface area (Å²) in [5.74, 6) is 0.549. The Morgan fingerprint density at radius 3 is 3.05 bits per heavy atom. The number of nitriles is 1. The van der Waals surface area contributed by atoms with Crippen molar-refractivity contribution >= 4 is 5.91 Å². The maximum Gasteiger partial charge on any atom is 0.234 e. The Bertz CT molecular complexity index is 441. The normalized spacial score (nSPS) is 9.68. The minimum absolute atomic E-state index is 0.0830. The number of carbonyl (C=O) groups is 1. The van der Waals surface area contributed by atoms with Gasteiger partial charge >= 0.3 is 0 Å². The average molecular weight is 262 g/mol. The van der Waals surface area contributed by atoms with Gasteiger partial charge in [0.2, 0.25) is 5.91 Å². The van der Waals surface area contributed by atoms with Gasteiger partial charge in [0.25, 0.3) is 0 Å². The molecule has 0 spiro atoms. The molecular weight excluding hydrogens is 244 g/mol. The van der Waals surface area contributed by atoms with Crippen molar-refractivity contribution in [1.82, 2.24) is 5.32 Å². The fraction of sp³-hybridized carbons (Fsp3) is 0.429. The van der Waals surface area contributed by atoms with Crippen LogP contribution in [0.3, 0.4) is 0 Å². The molecule has 0 fully saturated rings. The molecule has 0 saturated carbocycles. The zero-order valence-corrected chi connectivity index (χ0v) is 11.0. The second kappa shape index (κ2) is 8.95. The van der Waals surface area contributed by atoms with Crippen LogP contribution in [-0.4, -0.2) is 26.4 Å². The Hall–Kier alpha value is -2.06. The Labute approximate surface area is 113 Å². The van der Waals surface area contributed by atoms with Crippen LogP contribution in [0.25, 0.3) is 0 Å². The highest BCUT2D eigenvalue weighted by molar-refractivity contribution is 5.77. The zero-order valence-electron chi connectivity index (χ0n) is 11.0.